The van der Waals surface area contributed by atoms with Gasteiger partial charge in [0.05, 0.1) is 6.10 Å². The summed E-state index contributed by atoms with van der Waals surface area (Å²) in [6, 6.07) is 6.54. The van der Waals surface area contributed by atoms with Crippen LogP contribution in [0, 0.1) is 13.8 Å². The normalized spacial score (nSPS) is 12.8. The Kier molecular flexibility index (Phi) is 4.83. The Hall–Kier alpha value is -0.820. The molecule has 1 nitrogen and oxygen atoms in total. The van der Waals surface area contributed by atoms with E-state index in [1.165, 1.54) is 16.7 Å². The second kappa shape index (κ2) is 5.92. The number of benzene rings is 1. The van der Waals surface area contributed by atoms with Gasteiger partial charge >= 0.3 is 0 Å². The Morgan fingerprint density at radius 3 is 2.53 bits per heavy atom. The van der Waals surface area contributed by atoms with Crippen LogP contribution in [-0.4, -0.2) is 11.2 Å². The van der Waals surface area contributed by atoms with E-state index >= 15 is 0 Å². The van der Waals surface area contributed by atoms with Crippen LogP contribution in [0.1, 0.15) is 42.9 Å². The summed E-state index contributed by atoms with van der Waals surface area (Å²) < 4.78 is 0. The summed E-state index contributed by atoms with van der Waals surface area (Å²) in [4.78, 5) is 0. The molecule has 0 aromatic heterocycles. The van der Waals surface area contributed by atoms with Crippen LogP contribution >= 0.6 is 0 Å². The maximum atomic E-state index is 9.66. The predicted octanol–water partition coefficient (Wildman–Crippen LogP) is 3.40. The Balaban J connectivity index is 2.50. The first kappa shape index (κ1) is 12.3. The molecule has 15 heavy (non-hydrogen) atoms. The molecule has 1 unspecified atom stereocenters. The van der Waals surface area contributed by atoms with Gasteiger partial charge in [0.25, 0.3) is 0 Å². The third kappa shape index (κ3) is 4.05. The van der Waals surface area contributed by atoms with E-state index in [0.717, 1.165) is 25.7 Å². The van der Waals surface area contributed by atoms with Crippen molar-refractivity contribution in [2.45, 2.75) is 52.6 Å². The van der Waals surface area contributed by atoms with Crippen LogP contribution < -0.4 is 0 Å². The number of hydrogen-bond acceptors (Lipinski definition) is 1. The van der Waals surface area contributed by atoms with Gasteiger partial charge in [-0.1, -0.05) is 37.1 Å². The summed E-state index contributed by atoms with van der Waals surface area (Å²) >= 11 is 0. The van der Waals surface area contributed by atoms with Gasteiger partial charge in [-0.05, 0) is 44.2 Å². The first-order valence-corrected chi connectivity index (χ1v) is 5.87. The first-order valence-electron chi connectivity index (χ1n) is 5.87. The Labute approximate surface area is 93.1 Å². The molecule has 0 aliphatic rings. The van der Waals surface area contributed by atoms with Crippen LogP contribution in [0.3, 0.4) is 0 Å². The number of aliphatic hydroxyl groups excluding tert-OH is 1. The predicted molar refractivity (Wildman–Crippen MR) is 65.2 cm³/mol. The lowest BCUT2D eigenvalue weighted by atomic mass is 9.99. The zero-order valence-corrected chi connectivity index (χ0v) is 10.1. The third-order valence-electron chi connectivity index (χ3n) is 2.87. The summed E-state index contributed by atoms with van der Waals surface area (Å²) in [5.74, 6) is 0. The molecule has 0 radical (unpaired) electrons. The van der Waals surface area contributed by atoms with Crippen molar-refractivity contribution in [1.82, 2.24) is 0 Å². The number of rotatable bonds is 5. The molecule has 0 heterocycles. The fraction of sp³-hybridized carbons (Fsp3) is 0.571. The lowest BCUT2D eigenvalue weighted by Crippen LogP contribution is -2.07. The summed E-state index contributed by atoms with van der Waals surface area (Å²) in [7, 11) is 0. The van der Waals surface area contributed by atoms with Gasteiger partial charge in [0.15, 0.2) is 0 Å². The van der Waals surface area contributed by atoms with Gasteiger partial charge in [-0.15, -0.1) is 0 Å². The quantitative estimate of drug-likeness (QED) is 0.783. The molecule has 1 aromatic rings. The second-order valence-corrected chi connectivity index (χ2v) is 4.41. The van der Waals surface area contributed by atoms with E-state index in [9.17, 15) is 5.11 Å². The zero-order chi connectivity index (χ0) is 11.3. The third-order valence-corrected chi connectivity index (χ3v) is 2.87. The zero-order valence-electron chi connectivity index (χ0n) is 10.1. The second-order valence-electron chi connectivity index (χ2n) is 4.41. The van der Waals surface area contributed by atoms with Crippen molar-refractivity contribution in [2.24, 2.45) is 0 Å². The van der Waals surface area contributed by atoms with Gasteiger partial charge in [0.2, 0.25) is 0 Å². The molecule has 1 aromatic carbocycles. The van der Waals surface area contributed by atoms with Crippen LogP contribution in [0.15, 0.2) is 18.2 Å². The topological polar surface area (TPSA) is 20.2 Å². The van der Waals surface area contributed by atoms with E-state index in [4.69, 9.17) is 0 Å². The SMILES string of the molecule is CCCC(O)CCc1ccc(C)cc1C. The monoisotopic (exact) mass is 206 g/mol. The van der Waals surface area contributed by atoms with Crippen LogP contribution in [0.2, 0.25) is 0 Å². The minimum Gasteiger partial charge on any atom is -0.393 e. The molecule has 1 rings (SSSR count). The minimum absolute atomic E-state index is 0.129. The average molecular weight is 206 g/mol. The van der Waals surface area contributed by atoms with E-state index in [-0.39, 0.29) is 6.10 Å². The lowest BCUT2D eigenvalue weighted by Gasteiger charge is -2.11. The maximum absolute atomic E-state index is 9.66. The summed E-state index contributed by atoms with van der Waals surface area (Å²) in [6.07, 6.45) is 3.74. The van der Waals surface area contributed by atoms with Crippen LogP contribution in [0.5, 0.6) is 0 Å². The molecule has 0 spiro atoms. The van der Waals surface area contributed by atoms with Crippen molar-refractivity contribution < 1.29 is 5.11 Å². The lowest BCUT2D eigenvalue weighted by molar-refractivity contribution is 0.154. The number of hydrogen-bond donors (Lipinski definition) is 1. The molecular formula is C14H22O. The van der Waals surface area contributed by atoms with Gasteiger partial charge in [-0.3, -0.25) is 0 Å². The minimum atomic E-state index is -0.129. The standard InChI is InChI=1S/C14H22O/c1-4-5-14(15)9-8-13-7-6-11(2)10-12(13)3/h6-7,10,14-15H,4-5,8-9H2,1-3H3. The molecular weight excluding hydrogens is 184 g/mol. The summed E-state index contributed by atoms with van der Waals surface area (Å²) in [6.45, 7) is 6.37. The van der Waals surface area contributed by atoms with Crippen molar-refractivity contribution in [1.29, 1.82) is 0 Å². The summed E-state index contributed by atoms with van der Waals surface area (Å²) in [5.41, 5.74) is 4.03. The Bertz CT molecular complexity index is 304. The molecule has 0 fully saturated rings. The Morgan fingerprint density at radius 2 is 1.93 bits per heavy atom. The molecule has 0 bridgehead atoms. The largest absolute Gasteiger partial charge is 0.393 e. The van der Waals surface area contributed by atoms with E-state index < -0.39 is 0 Å². The van der Waals surface area contributed by atoms with Gasteiger partial charge < -0.3 is 5.11 Å². The highest BCUT2D eigenvalue weighted by Gasteiger charge is 2.04. The highest BCUT2D eigenvalue weighted by Crippen LogP contribution is 2.14. The fourth-order valence-electron chi connectivity index (χ4n) is 1.93. The van der Waals surface area contributed by atoms with Crippen molar-refractivity contribution >= 4 is 0 Å². The van der Waals surface area contributed by atoms with E-state index in [2.05, 4.69) is 39.0 Å². The van der Waals surface area contributed by atoms with Crippen LogP contribution in [0.4, 0.5) is 0 Å². The van der Waals surface area contributed by atoms with Gasteiger partial charge in [-0.2, -0.15) is 0 Å². The van der Waals surface area contributed by atoms with Crippen molar-refractivity contribution in [2.75, 3.05) is 0 Å². The molecule has 0 aliphatic heterocycles. The molecule has 1 N–H and O–H groups in total. The smallest absolute Gasteiger partial charge is 0.0543 e. The van der Waals surface area contributed by atoms with E-state index in [1.807, 2.05) is 0 Å². The molecule has 1 atom stereocenters. The fourth-order valence-corrected chi connectivity index (χ4v) is 1.93. The van der Waals surface area contributed by atoms with Gasteiger partial charge in [0, 0.05) is 0 Å². The molecule has 84 valence electrons. The average Bonchev–Trinajstić information content (AvgIpc) is 2.17. The number of aryl methyl sites for hydroxylation is 3. The van der Waals surface area contributed by atoms with Crippen molar-refractivity contribution in [3.8, 4) is 0 Å². The molecule has 1 heteroatoms. The van der Waals surface area contributed by atoms with E-state index in [1.54, 1.807) is 0 Å². The van der Waals surface area contributed by atoms with E-state index in [0.29, 0.717) is 0 Å². The molecule has 0 saturated carbocycles. The van der Waals surface area contributed by atoms with Gasteiger partial charge in [-0.25, -0.2) is 0 Å². The molecule has 0 amide bonds. The Morgan fingerprint density at radius 1 is 1.20 bits per heavy atom. The summed E-state index contributed by atoms with van der Waals surface area (Å²) in [5, 5.41) is 9.66. The molecule has 0 aliphatic carbocycles. The first-order chi connectivity index (χ1) is 7.13. The van der Waals surface area contributed by atoms with Crippen molar-refractivity contribution in [3.05, 3.63) is 34.9 Å². The van der Waals surface area contributed by atoms with Crippen LogP contribution in [-0.2, 0) is 6.42 Å². The molecule has 0 saturated heterocycles. The maximum Gasteiger partial charge on any atom is 0.0543 e. The highest BCUT2D eigenvalue weighted by molar-refractivity contribution is 5.30. The van der Waals surface area contributed by atoms with Crippen LogP contribution in [0.25, 0.3) is 0 Å². The number of aliphatic hydroxyl groups is 1. The highest BCUT2D eigenvalue weighted by atomic mass is 16.3. The van der Waals surface area contributed by atoms with Crippen molar-refractivity contribution in [3.63, 3.8) is 0 Å². The van der Waals surface area contributed by atoms with Gasteiger partial charge in [0.1, 0.15) is 0 Å².